The molecule has 0 bridgehead atoms. The standard InChI is InChI=1S/C18H20N6O5S/c1-10-3-5-19-24(10)18-22-21-17(30-18)20-15(26)13-7-12(14(28-2)16(27)29-13)23-6-4-11(8-23)9-25/h3,5,7,11,25H,4,6,8-9H2,1-2H3,(H,20,21,26)/t11-/m0/s1. The molecule has 1 amide bonds. The van der Waals surface area contributed by atoms with Crippen molar-refractivity contribution < 1.29 is 19.1 Å². The van der Waals surface area contributed by atoms with E-state index in [9.17, 15) is 14.7 Å². The fourth-order valence-electron chi connectivity index (χ4n) is 3.29. The summed E-state index contributed by atoms with van der Waals surface area (Å²) in [6.07, 6.45) is 2.42. The highest BCUT2D eigenvalue weighted by atomic mass is 32.1. The summed E-state index contributed by atoms with van der Waals surface area (Å²) in [5.74, 6) is -0.675. The van der Waals surface area contributed by atoms with Gasteiger partial charge in [0.2, 0.25) is 16.0 Å². The zero-order valence-electron chi connectivity index (χ0n) is 16.4. The molecule has 12 heteroatoms. The van der Waals surface area contributed by atoms with Crippen molar-refractivity contribution in [3.63, 3.8) is 0 Å². The quantitative estimate of drug-likeness (QED) is 0.586. The van der Waals surface area contributed by atoms with Crippen LogP contribution in [-0.2, 0) is 0 Å². The molecule has 3 aromatic heterocycles. The number of nitrogens with one attached hydrogen (secondary N) is 1. The van der Waals surface area contributed by atoms with Gasteiger partial charge in [-0.05, 0) is 19.4 Å². The van der Waals surface area contributed by atoms with Crippen molar-refractivity contribution in [2.45, 2.75) is 13.3 Å². The predicted molar refractivity (Wildman–Crippen MR) is 109 cm³/mol. The molecular formula is C18H20N6O5S. The second-order valence-corrected chi connectivity index (χ2v) is 7.78. The Morgan fingerprint density at radius 1 is 1.47 bits per heavy atom. The third-order valence-corrected chi connectivity index (χ3v) is 5.66. The van der Waals surface area contributed by atoms with Gasteiger partial charge in [0.25, 0.3) is 5.91 Å². The van der Waals surface area contributed by atoms with Gasteiger partial charge >= 0.3 is 5.63 Å². The Morgan fingerprint density at radius 2 is 2.30 bits per heavy atom. The number of methoxy groups -OCH3 is 1. The van der Waals surface area contributed by atoms with Crippen LogP contribution in [0.2, 0.25) is 0 Å². The van der Waals surface area contributed by atoms with Crippen molar-refractivity contribution in [3.8, 4) is 10.9 Å². The molecule has 0 saturated carbocycles. The van der Waals surface area contributed by atoms with Gasteiger partial charge in [-0.2, -0.15) is 5.10 Å². The number of ether oxygens (including phenoxy) is 1. The smallest absolute Gasteiger partial charge is 0.381 e. The van der Waals surface area contributed by atoms with Gasteiger partial charge in [0, 0.05) is 43.6 Å². The second kappa shape index (κ2) is 8.24. The van der Waals surface area contributed by atoms with E-state index in [0.717, 1.165) is 23.5 Å². The highest BCUT2D eigenvalue weighted by Crippen LogP contribution is 2.31. The summed E-state index contributed by atoms with van der Waals surface area (Å²) in [6, 6.07) is 3.29. The van der Waals surface area contributed by atoms with Gasteiger partial charge in [-0.25, -0.2) is 9.48 Å². The number of carbonyl (C=O) groups excluding carboxylic acids is 1. The lowest BCUT2D eigenvalue weighted by molar-refractivity contribution is 0.0991. The minimum absolute atomic E-state index is 0.0255. The molecule has 0 radical (unpaired) electrons. The first kappa shape index (κ1) is 20.0. The summed E-state index contributed by atoms with van der Waals surface area (Å²) in [5.41, 5.74) is 0.583. The summed E-state index contributed by atoms with van der Waals surface area (Å²) in [4.78, 5) is 27.0. The fourth-order valence-corrected chi connectivity index (χ4v) is 4.04. The molecule has 1 saturated heterocycles. The minimum Gasteiger partial charge on any atom is -0.488 e. The number of hydrogen-bond donors (Lipinski definition) is 2. The first-order valence-corrected chi connectivity index (χ1v) is 10.1. The van der Waals surface area contributed by atoms with E-state index in [4.69, 9.17) is 9.15 Å². The molecular weight excluding hydrogens is 412 g/mol. The van der Waals surface area contributed by atoms with Crippen molar-refractivity contribution in [3.05, 3.63) is 40.2 Å². The number of amides is 1. The van der Waals surface area contributed by atoms with Crippen LogP contribution in [0.3, 0.4) is 0 Å². The fraction of sp³-hybridized carbons (Fsp3) is 0.389. The Kier molecular flexibility index (Phi) is 5.50. The van der Waals surface area contributed by atoms with Crippen LogP contribution in [0, 0.1) is 12.8 Å². The van der Waals surface area contributed by atoms with Crippen molar-refractivity contribution in [1.29, 1.82) is 0 Å². The number of nitrogens with zero attached hydrogens (tertiary/aromatic N) is 5. The van der Waals surface area contributed by atoms with Gasteiger partial charge in [-0.1, -0.05) is 11.3 Å². The van der Waals surface area contributed by atoms with Crippen molar-refractivity contribution in [2.75, 3.05) is 37.0 Å². The van der Waals surface area contributed by atoms with Gasteiger partial charge in [0.05, 0.1) is 12.8 Å². The minimum atomic E-state index is -0.752. The van der Waals surface area contributed by atoms with Crippen LogP contribution in [0.25, 0.3) is 5.13 Å². The molecule has 4 heterocycles. The van der Waals surface area contributed by atoms with E-state index in [2.05, 4.69) is 20.6 Å². The van der Waals surface area contributed by atoms with Gasteiger partial charge < -0.3 is 19.2 Å². The van der Waals surface area contributed by atoms with E-state index in [1.807, 2.05) is 17.9 Å². The normalized spacial score (nSPS) is 16.1. The van der Waals surface area contributed by atoms with Crippen LogP contribution >= 0.6 is 11.3 Å². The number of aliphatic hydroxyl groups is 1. The van der Waals surface area contributed by atoms with E-state index in [1.54, 1.807) is 10.9 Å². The second-order valence-electron chi connectivity index (χ2n) is 6.83. The predicted octanol–water partition coefficient (Wildman–Crippen LogP) is 1.06. The molecule has 30 heavy (non-hydrogen) atoms. The molecule has 1 aliphatic rings. The molecule has 1 fully saturated rings. The Hall–Kier alpha value is -3.25. The van der Waals surface area contributed by atoms with Gasteiger partial charge in [0.1, 0.15) is 0 Å². The lowest BCUT2D eigenvalue weighted by Gasteiger charge is -2.20. The Balaban J connectivity index is 1.58. The summed E-state index contributed by atoms with van der Waals surface area (Å²) < 4.78 is 12.0. The van der Waals surface area contributed by atoms with Crippen LogP contribution in [0.5, 0.6) is 5.75 Å². The number of hydrogen-bond acceptors (Lipinski definition) is 10. The van der Waals surface area contributed by atoms with E-state index in [0.29, 0.717) is 23.9 Å². The number of aliphatic hydroxyl groups excluding tert-OH is 1. The Bertz CT molecular complexity index is 1120. The zero-order chi connectivity index (χ0) is 21.3. The monoisotopic (exact) mass is 432 g/mol. The molecule has 158 valence electrons. The molecule has 1 atom stereocenters. The van der Waals surface area contributed by atoms with Crippen LogP contribution in [-0.4, -0.2) is 57.8 Å². The first-order valence-electron chi connectivity index (χ1n) is 9.24. The summed E-state index contributed by atoms with van der Waals surface area (Å²) >= 11 is 1.14. The molecule has 1 aliphatic heterocycles. The summed E-state index contributed by atoms with van der Waals surface area (Å²) in [6.45, 7) is 3.12. The zero-order valence-corrected chi connectivity index (χ0v) is 17.2. The molecule has 3 aromatic rings. The molecule has 0 aliphatic carbocycles. The lowest BCUT2D eigenvalue weighted by Crippen LogP contribution is -2.25. The van der Waals surface area contributed by atoms with Crippen molar-refractivity contribution >= 4 is 28.1 Å². The number of rotatable bonds is 6. The van der Waals surface area contributed by atoms with Crippen LogP contribution < -0.4 is 20.6 Å². The van der Waals surface area contributed by atoms with E-state index < -0.39 is 11.5 Å². The largest absolute Gasteiger partial charge is 0.488 e. The number of aromatic nitrogens is 4. The van der Waals surface area contributed by atoms with Crippen LogP contribution in [0.15, 0.2) is 27.5 Å². The summed E-state index contributed by atoms with van der Waals surface area (Å²) in [5, 5.41) is 24.8. The molecule has 0 aromatic carbocycles. The van der Waals surface area contributed by atoms with E-state index in [-0.39, 0.29) is 29.2 Å². The van der Waals surface area contributed by atoms with E-state index >= 15 is 0 Å². The van der Waals surface area contributed by atoms with Crippen LogP contribution in [0.1, 0.15) is 22.7 Å². The average molecular weight is 432 g/mol. The maximum Gasteiger partial charge on any atom is 0.381 e. The van der Waals surface area contributed by atoms with Gasteiger partial charge in [-0.15, -0.1) is 10.2 Å². The third-order valence-electron chi connectivity index (χ3n) is 4.85. The first-order chi connectivity index (χ1) is 14.5. The lowest BCUT2D eigenvalue weighted by atomic mass is 10.1. The average Bonchev–Trinajstić information content (AvgIpc) is 3.47. The third kappa shape index (κ3) is 3.78. The Morgan fingerprint density at radius 3 is 2.97 bits per heavy atom. The van der Waals surface area contributed by atoms with E-state index in [1.165, 1.54) is 13.2 Å². The maximum absolute atomic E-state index is 12.7. The molecule has 4 rings (SSSR count). The summed E-state index contributed by atoms with van der Waals surface area (Å²) in [7, 11) is 1.37. The molecule has 11 nitrogen and oxygen atoms in total. The van der Waals surface area contributed by atoms with Crippen LogP contribution in [0.4, 0.5) is 10.8 Å². The van der Waals surface area contributed by atoms with Crippen molar-refractivity contribution in [1.82, 2.24) is 20.0 Å². The number of carbonyl (C=O) groups is 1. The SMILES string of the molecule is COc1c(N2CC[C@H](CO)C2)cc(C(=O)Nc2nnc(-n3nccc3C)s2)oc1=O. The highest BCUT2D eigenvalue weighted by molar-refractivity contribution is 7.17. The topological polar surface area (TPSA) is 136 Å². The van der Waals surface area contributed by atoms with Gasteiger partial charge in [0.15, 0.2) is 5.76 Å². The molecule has 0 spiro atoms. The highest BCUT2D eigenvalue weighted by Gasteiger charge is 2.28. The number of aryl methyl sites for hydroxylation is 1. The number of anilines is 2. The molecule has 0 unspecified atom stereocenters. The van der Waals surface area contributed by atoms with Crippen molar-refractivity contribution in [2.24, 2.45) is 5.92 Å². The van der Waals surface area contributed by atoms with Gasteiger partial charge in [-0.3, -0.25) is 10.1 Å². The maximum atomic E-state index is 12.7. The molecule has 2 N–H and O–H groups in total. The Labute approximate surface area is 174 Å².